The van der Waals surface area contributed by atoms with Crippen LogP contribution in [0.1, 0.15) is 65.7 Å². The van der Waals surface area contributed by atoms with E-state index in [0.717, 1.165) is 19.3 Å². The van der Waals surface area contributed by atoms with Crippen LogP contribution < -0.4 is 5.32 Å². The number of nitrogens with zero attached hydrogens (tertiary/aromatic N) is 1. The largest absolute Gasteiger partial charge is 0.344 e. The summed E-state index contributed by atoms with van der Waals surface area (Å²) in [4.78, 5) is 26.9. The summed E-state index contributed by atoms with van der Waals surface area (Å²) in [7, 11) is 0. The molecule has 1 heterocycles. The molecule has 120 valence electrons. The molecule has 2 atom stereocenters. The van der Waals surface area contributed by atoms with Gasteiger partial charge in [-0.05, 0) is 38.0 Å². The molecule has 2 rings (SSSR count). The number of carbonyl (C=O) groups excluding carboxylic acids is 2. The Bertz CT molecular complexity index is 375. The number of hydrogen-bond donors (Lipinski definition) is 1. The van der Waals surface area contributed by atoms with Gasteiger partial charge in [0.2, 0.25) is 11.8 Å². The van der Waals surface area contributed by atoms with Gasteiger partial charge in [-0.3, -0.25) is 9.59 Å². The number of hydrogen-bond acceptors (Lipinski definition) is 2. The van der Waals surface area contributed by atoms with Gasteiger partial charge in [-0.2, -0.15) is 0 Å². The van der Waals surface area contributed by atoms with Crippen LogP contribution in [0.3, 0.4) is 0 Å². The number of amides is 2. The van der Waals surface area contributed by atoms with Crippen LogP contribution in [0.4, 0.5) is 0 Å². The van der Waals surface area contributed by atoms with Gasteiger partial charge < -0.3 is 10.2 Å². The quantitative estimate of drug-likeness (QED) is 0.866. The topological polar surface area (TPSA) is 49.4 Å². The first-order valence-electron chi connectivity index (χ1n) is 8.59. The molecule has 0 bridgehead atoms. The van der Waals surface area contributed by atoms with Crippen LogP contribution in [-0.2, 0) is 9.59 Å². The zero-order valence-corrected chi connectivity index (χ0v) is 13.7. The lowest BCUT2D eigenvalue weighted by atomic mass is 9.83. The molecule has 0 aromatic heterocycles. The molecule has 1 aliphatic carbocycles. The molecule has 4 nitrogen and oxygen atoms in total. The maximum atomic E-state index is 12.9. The van der Waals surface area contributed by atoms with Crippen LogP contribution in [0.25, 0.3) is 0 Å². The molecular formula is C17H30N2O2. The van der Waals surface area contributed by atoms with E-state index in [2.05, 4.69) is 26.1 Å². The van der Waals surface area contributed by atoms with Crippen molar-refractivity contribution in [3.05, 3.63) is 0 Å². The highest BCUT2D eigenvalue weighted by molar-refractivity contribution is 5.90. The fraction of sp³-hybridized carbons (Fsp3) is 0.882. The fourth-order valence-electron chi connectivity index (χ4n) is 3.85. The molecule has 2 amide bonds. The highest BCUT2D eigenvalue weighted by Gasteiger charge is 2.37. The summed E-state index contributed by atoms with van der Waals surface area (Å²) in [5, 5.41) is 3.01. The molecular weight excluding hydrogens is 264 g/mol. The van der Waals surface area contributed by atoms with Crippen molar-refractivity contribution in [1.82, 2.24) is 10.2 Å². The van der Waals surface area contributed by atoms with Gasteiger partial charge in [0, 0.05) is 19.0 Å². The first-order chi connectivity index (χ1) is 9.99. The van der Waals surface area contributed by atoms with Gasteiger partial charge in [-0.1, -0.05) is 33.1 Å². The second-order valence-electron chi connectivity index (χ2n) is 7.20. The van der Waals surface area contributed by atoms with Crippen LogP contribution in [0.15, 0.2) is 0 Å². The lowest BCUT2D eigenvalue weighted by Crippen LogP contribution is -2.51. The van der Waals surface area contributed by atoms with Crippen molar-refractivity contribution in [1.29, 1.82) is 0 Å². The van der Waals surface area contributed by atoms with E-state index in [-0.39, 0.29) is 23.9 Å². The first kappa shape index (κ1) is 16.3. The molecule has 0 spiro atoms. The third kappa shape index (κ3) is 4.21. The Hall–Kier alpha value is -1.06. The standard InChI is InChI=1S/C17H30N2O2/c1-12(2)11-13(3)19-10-9-15(20)18-16(17(19)21)14-7-5-4-6-8-14/h12-14,16H,4-11H2,1-3H3,(H,18,20). The van der Waals surface area contributed by atoms with E-state index in [0.29, 0.717) is 24.8 Å². The van der Waals surface area contributed by atoms with Crippen molar-refractivity contribution in [2.75, 3.05) is 6.54 Å². The van der Waals surface area contributed by atoms with E-state index in [1.54, 1.807) is 0 Å². The molecule has 2 unspecified atom stereocenters. The highest BCUT2D eigenvalue weighted by Crippen LogP contribution is 2.29. The maximum Gasteiger partial charge on any atom is 0.245 e. The Morgan fingerprint density at radius 3 is 2.43 bits per heavy atom. The maximum absolute atomic E-state index is 12.9. The van der Waals surface area contributed by atoms with Gasteiger partial charge >= 0.3 is 0 Å². The van der Waals surface area contributed by atoms with Crippen LogP contribution in [0, 0.1) is 11.8 Å². The van der Waals surface area contributed by atoms with Crippen molar-refractivity contribution < 1.29 is 9.59 Å². The third-order valence-electron chi connectivity index (χ3n) is 4.91. The molecule has 0 aromatic carbocycles. The molecule has 1 saturated carbocycles. The van der Waals surface area contributed by atoms with Crippen LogP contribution in [-0.4, -0.2) is 35.3 Å². The molecule has 0 radical (unpaired) electrons. The molecule has 2 aliphatic rings. The number of nitrogens with one attached hydrogen (secondary N) is 1. The van der Waals surface area contributed by atoms with Gasteiger partial charge in [0.1, 0.15) is 6.04 Å². The normalized spacial score (nSPS) is 26.7. The van der Waals surface area contributed by atoms with E-state index in [9.17, 15) is 9.59 Å². The summed E-state index contributed by atoms with van der Waals surface area (Å²) in [6.45, 7) is 7.05. The van der Waals surface area contributed by atoms with Crippen molar-refractivity contribution in [2.24, 2.45) is 11.8 Å². The third-order valence-corrected chi connectivity index (χ3v) is 4.91. The van der Waals surface area contributed by atoms with Crippen LogP contribution in [0.5, 0.6) is 0 Å². The minimum atomic E-state index is -0.282. The van der Waals surface area contributed by atoms with Crippen molar-refractivity contribution in [2.45, 2.75) is 77.8 Å². The van der Waals surface area contributed by atoms with Gasteiger partial charge in [-0.15, -0.1) is 0 Å². The zero-order valence-electron chi connectivity index (χ0n) is 13.7. The lowest BCUT2D eigenvalue weighted by Gasteiger charge is -2.35. The Labute approximate surface area is 128 Å². The van der Waals surface area contributed by atoms with E-state index >= 15 is 0 Å². The van der Waals surface area contributed by atoms with E-state index < -0.39 is 0 Å². The molecule has 1 N–H and O–H groups in total. The smallest absolute Gasteiger partial charge is 0.245 e. The minimum absolute atomic E-state index is 0.0400. The Morgan fingerprint density at radius 2 is 1.81 bits per heavy atom. The molecule has 1 aliphatic heterocycles. The Kier molecular flexibility index (Phi) is 5.65. The van der Waals surface area contributed by atoms with Gasteiger partial charge in [-0.25, -0.2) is 0 Å². The number of carbonyl (C=O) groups is 2. The van der Waals surface area contributed by atoms with Crippen molar-refractivity contribution >= 4 is 11.8 Å². The summed E-state index contributed by atoms with van der Waals surface area (Å²) >= 11 is 0. The molecule has 2 fully saturated rings. The molecule has 1 saturated heterocycles. The summed E-state index contributed by atoms with van der Waals surface area (Å²) in [6.07, 6.45) is 7.22. The predicted octanol–water partition coefficient (Wildman–Crippen LogP) is 2.72. The Morgan fingerprint density at radius 1 is 1.14 bits per heavy atom. The Balaban J connectivity index is 2.11. The van der Waals surface area contributed by atoms with Gasteiger partial charge in [0.15, 0.2) is 0 Å². The first-order valence-corrected chi connectivity index (χ1v) is 8.59. The average Bonchev–Trinajstić information content (AvgIpc) is 2.58. The predicted molar refractivity (Wildman–Crippen MR) is 83.8 cm³/mol. The zero-order chi connectivity index (χ0) is 15.4. The monoisotopic (exact) mass is 294 g/mol. The second kappa shape index (κ2) is 7.28. The van der Waals surface area contributed by atoms with Gasteiger partial charge in [0.25, 0.3) is 0 Å². The summed E-state index contributed by atoms with van der Waals surface area (Å²) in [5.41, 5.74) is 0. The summed E-state index contributed by atoms with van der Waals surface area (Å²) in [5.74, 6) is 1.09. The van der Waals surface area contributed by atoms with Crippen molar-refractivity contribution in [3.63, 3.8) is 0 Å². The molecule has 21 heavy (non-hydrogen) atoms. The average molecular weight is 294 g/mol. The summed E-state index contributed by atoms with van der Waals surface area (Å²) < 4.78 is 0. The van der Waals surface area contributed by atoms with Crippen LogP contribution in [0.2, 0.25) is 0 Å². The lowest BCUT2D eigenvalue weighted by molar-refractivity contribution is -0.137. The number of rotatable bonds is 4. The van der Waals surface area contributed by atoms with E-state index in [1.165, 1.54) is 19.3 Å². The van der Waals surface area contributed by atoms with Crippen molar-refractivity contribution in [3.8, 4) is 0 Å². The van der Waals surface area contributed by atoms with Gasteiger partial charge in [0.05, 0.1) is 0 Å². The minimum Gasteiger partial charge on any atom is -0.344 e. The highest BCUT2D eigenvalue weighted by atomic mass is 16.2. The van der Waals surface area contributed by atoms with E-state index in [4.69, 9.17) is 0 Å². The summed E-state index contributed by atoms with van der Waals surface area (Å²) in [6, 6.07) is -0.0637. The van der Waals surface area contributed by atoms with E-state index in [1.807, 2.05) is 4.90 Å². The SMILES string of the molecule is CC(C)CC(C)N1CCC(=O)NC(C2CCCCC2)C1=O. The molecule has 0 aromatic rings. The molecule has 4 heteroatoms. The second-order valence-corrected chi connectivity index (χ2v) is 7.20. The van der Waals surface area contributed by atoms with Crippen LogP contribution >= 0.6 is 0 Å². The fourth-order valence-corrected chi connectivity index (χ4v) is 3.85.